The van der Waals surface area contributed by atoms with E-state index in [0.29, 0.717) is 21.9 Å². The Balaban J connectivity index is 2.09. The first kappa shape index (κ1) is 22.8. The number of anilines is 1. The summed E-state index contributed by atoms with van der Waals surface area (Å²) in [6.07, 6.45) is 0. The van der Waals surface area contributed by atoms with E-state index in [1.807, 2.05) is 19.0 Å². The Kier molecular flexibility index (Phi) is 6.68. The normalized spacial score (nSPS) is 11.7. The number of benzene rings is 2. The lowest BCUT2D eigenvalue weighted by atomic mass is 10.2. The molecule has 1 amide bonds. The van der Waals surface area contributed by atoms with Crippen LogP contribution in [0.5, 0.6) is 0 Å². The Bertz CT molecular complexity index is 1240. The number of rotatable bonds is 8. The minimum absolute atomic E-state index is 0.0193. The number of carbonyl (C=O) groups excluding carboxylic acids is 1. The zero-order valence-electron chi connectivity index (χ0n) is 17.3. The summed E-state index contributed by atoms with van der Waals surface area (Å²) in [5.74, 6) is -0.609. The number of nitro groups is 1. The highest BCUT2D eigenvalue weighted by atomic mass is 32.2. The molecule has 3 aromatic rings. The van der Waals surface area contributed by atoms with E-state index in [9.17, 15) is 23.3 Å². The predicted octanol–water partition coefficient (Wildman–Crippen LogP) is 3.21. The van der Waals surface area contributed by atoms with E-state index in [2.05, 4.69) is 4.98 Å². The van der Waals surface area contributed by atoms with Crippen LogP contribution in [0.2, 0.25) is 0 Å². The van der Waals surface area contributed by atoms with Crippen LogP contribution >= 0.6 is 11.3 Å². The number of thiazole rings is 1. The van der Waals surface area contributed by atoms with Crippen molar-refractivity contribution in [1.29, 1.82) is 0 Å². The molecule has 3 rings (SSSR count). The molecule has 0 N–H and O–H groups in total. The van der Waals surface area contributed by atoms with E-state index < -0.39 is 20.7 Å². The molecule has 1 heterocycles. The molecule has 0 fully saturated rings. The first-order valence-electron chi connectivity index (χ1n) is 9.47. The van der Waals surface area contributed by atoms with E-state index in [0.717, 1.165) is 11.3 Å². The maximum Gasteiger partial charge on any atom is 0.270 e. The maximum absolute atomic E-state index is 13.5. The van der Waals surface area contributed by atoms with Crippen LogP contribution < -0.4 is 4.90 Å². The lowest BCUT2D eigenvalue weighted by Gasteiger charge is -2.23. The fourth-order valence-corrected chi connectivity index (χ4v) is 5.04. The van der Waals surface area contributed by atoms with Gasteiger partial charge in [0.05, 0.1) is 31.4 Å². The van der Waals surface area contributed by atoms with E-state index in [1.54, 1.807) is 12.1 Å². The van der Waals surface area contributed by atoms with Crippen molar-refractivity contribution in [2.75, 3.05) is 37.8 Å². The number of hydrogen-bond acceptors (Lipinski definition) is 8. The van der Waals surface area contributed by atoms with Gasteiger partial charge in [-0.05, 0) is 32.3 Å². The number of nitrogens with zero attached hydrogens (tertiary/aromatic N) is 4. The maximum atomic E-state index is 13.5. The Morgan fingerprint density at radius 1 is 1.16 bits per heavy atom. The molecular formula is C20H22N4O5S2. The Morgan fingerprint density at radius 3 is 2.52 bits per heavy atom. The number of nitro benzene ring substituents is 1. The molecule has 0 radical (unpaired) electrons. The number of amides is 1. The first-order valence-corrected chi connectivity index (χ1v) is 11.9. The van der Waals surface area contributed by atoms with Gasteiger partial charge in [-0.25, -0.2) is 13.4 Å². The van der Waals surface area contributed by atoms with E-state index >= 15 is 0 Å². The van der Waals surface area contributed by atoms with E-state index in [1.165, 1.54) is 42.2 Å². The molecule has 31 heavy (non-hydrogen) atoms. The lowest BCUT2D eigenvalue weighted by Crippen LogP contribution is -2.37. The first-order chi connectivity index (χ1) is 14.6. The summed E-state index contributed by atoms with van der Waals surface area (Å²) in [6.45, 7) is 2.32. The smallest absolute Gasteiger partial charge is 0.270 e. The second-order valence-electron chi connectivity index (χ2n) is 7.07. The third-order valence-corrected chi connectivity index (χ3v) is 7.48. The van der Waals surface area contributed by atoms with Crippen molar-refractivity contribution in [3.63, 3.8) is 0 Å². The van der Waals surface area contributed by atoms with Crippen molar-refractivity contribution in [2.45, 2.75) is 11.8 Å². The van der Waals surface area contributed by atoms with Crippen molar-refractivity contribution in [3.05, 3.63) is 58.1 Å². The summed E-state index contributed by atoms with van der Waals surface area (Å²) >= 11 is 1.15. The Labute approximate surface area is 184 Å². The summed E-state index contributed by atoms with van der Waals surface area (Å²) in [5.41, 5.74) is 0.546. The van der Waals surface area contributed by atoms with Gasteiger partial charge in [0.15, 0.2) is 15.0 Å². The average molecular weight is 463 g/mol. The highest BCUT2D eigenvalue weighted by Gasteiger charge is 2.27. The van der Waals surface area contributed by atoms with Crippen molar-refractivity contribution < 1.29 is 18.1 Å². The largest absolute Gasteiger partial charge is 0.308 e. The second kappa shape index (κ2) is 9.08. The Hall–Kier alpha value is -2.89. The topological polar surface area (TPSA) is 114 Å². The van der Waals surface area contributed by atoms with Crippen molar-refractivity contribution in [1.82, 2.24) is 9.88 Å². The zero-order chi connectivity index (χ0) is 22.8. The van der Waals surface area contributed by atoms with Gasteiger partial charge in [0.1, 0.15) is 0 Å². The molecule has 0 unspecified atom stereocenters. The van der Waals surface area contributed by atoms with Crippen LogP contribution in [0.15, 0.2) is 47.4 Å². The number of hydrogen-bond donors (Lipinski definition) is 0. The standard InChI is InChI=1S/C20H22N4O5S2/c1-4-31(28,29)18-8-6-5-7-15(18)19(25)23(12-11-22(2)3)20-21-16-10-9-14(24(26)27)13-17(16)30-20/h5-10,13H,4,11-12H2,1-3H3. The van der Waals surface area contributed by atoms with Gasteiger partial charge in [-0.2, -0.15) is 0 Å². The predicted molar refractivity (Wildman–Crippen MR) is 121 cm³/mol. The molecule has 0 atom stereocenters. The zero-order valence-corrected chi connectivity index (χ0v) is 18.9. The molecule has 9 nitrogen and oxygen atoms in total. The van der Waals surface area contributed by atoms with Crippen LogP contribution in [0.4, 0.5) is 10.8 Å². The van der Waals surface area contributed by atoms with Crippen LogP contribution in [0.1, 0.15) is 17.3 Å². The summed E-state index contributed by atoms with van der Waals surface area (Å²) in [5, 5.41) is 11.4. The third-order valence-electron chi connectivity index (χ3n) is 4.65. The highest BCUT2D eigenvalue weighted by molar-refractivity contribution is 7.91. The SMILES string of the molecule is CCS(=O)(=O)c1ccccc1C(=O)N(CCN(C)C)c1nc2ccc([N+](=O)[O-])cc2s1. The van der Waals surface area contributed by atoms with Gasteiger partial charge < -0.3 is 4.90 Å². The molecule has 0 bridgehead atoms. The minimum atomic E-state index is -3.61. The second-order valence-corrected chi connectivity index (χ2v) is 10.3. The van der Waals surface area contributed by atoms with E-state index in [4.69, 9.17) is 0 Å². The van der Waals surface area contributed by atoms with Crippen LogP contribution in [-0.4, -0.2) is 62.1 Å². The van der Waals surface area contributed by atoms with Crippen molar-refractivity contribution in [2.24, 2.45) is 0 Å². The van der Waals surface area contributed by atoms with Gasteiger partial charge in [0, 0.05) is 25.2 Å². The van der Waals surface area contributed by atoms with Gasteiger partial charge in [0.25, 0.3) is 11.6 Å². The number of sulfone groups is 1. The number of aromatic nitrogens is 1. The van der Waals surface area contributed by atoms with Gasteiger partial charge in [0.2, 0.25) is 0 Å². The molecular weight excluding hydrogens is 440 g/mol. The molecule has 1 aromatic heterocycles. The lowest BCUT2D eigenvalue weighted by molar-refractivity contribution is -0.384. The van der Waals surface area contributed by atoms with Crippen molar-refractivity contribution >= 4 is 48.1 Å². The number of carbonyl (C=O) groups is 1. The molecule has 0 spiro atoms. The average Bonchev–Trinajstić information content (AvgIpc) is 3.16. The van der Waals surface area contributed by atoms with Crippen LogP contribution in [0.25, 0.3) is 10.2 Å². The van der Waals surface area contributed by atoms with Gasteiger partial charge >= 0.3 is 0 Å². The van der Waals surface area contributed by atoms with Crippen LogP contribution in [0, 0.1) is 10.1 Å². The van der Waals surface area contributed by atoms with Gasteiger partial charge in [-0.15, -0.1) is 0 Å². The molecule has 0 saturated heterocycles. The molecule has 0 saturated carbocycles. The summed E-state index contributed by atoms with van der Waals surface area (Å²) in [6, 6.07) is 10.4. The highest BCUT2D eigenvalue weighted by Crippen LogP contribution is 2.32. The molecule has 0 aliphatic rings. The van der Waals surface area contributed by atoms with Gasteiger partial charge in [-0.1, -0.05) is 30.4 Å². The monoisotopic (exact) mass is 462 g/mol. The summed E-state index contributed by atoms with van der Waals surface area (Å²) < 4.78 is 25.6. The number of non-ortho nitro benzene ring substituents is 1. The minimum Gasteiger partial charge on any atom is -0.308 e. The van der Waals surface area contributed by atoms with Gasteiger partial charge in [-0.3, -0.25) is 19.8 Å². The quantitative estimate of drug-likeness (QED) is 0.373. The number of likely N-dealkylation sites (N-methyl/N-ethyl adjacent to an activating group) is 1. The van der Waals surface area contributed by atoms with Crippen molar-refractivity contribution in [3.8, 4) is 0 Å². The molecule has 2 aromatic carbocycles. The molecule has 164 valence electrons. The molecule has 0 aliphatic carbocycles. The fourth-order valence-electron chi connectivity index (χ4n) is 2.93. The van der Waals surface area contributed by atoms with E-state index in [-0.39, 0.29) is 28.4 Å². The summed E-state index contributed by atoms with van der Waals surface area (Å²) in [7, 11) is 0.111. The number of fused-ring (bicyclic) bond motifs is 1. The van der Waals surface area contributed by atoms with Crippen LogP contribution in [0.3, 0.4) is 0 Å². The molecule has 11 heteroatoms. The fraction of sp³-hybridized carbons (Fsp3) is 0.300. The molecule has 0 aliphatic heterocycles. The third kappa shape index (κ3) is 4.89. The summed E-state index contributed by atoms with van der Waals surface area (Å²) in [4.78, 5) is 31.9. The Morgan fingerprint density at radius 2 is 1.87 bits per heavy atom. The van der Waals surface area contributed by atoms with Crippen LogP contribution in [-0.2, 0) is 9.84 Å².